The van der Waals surface area contributed by atoms with Crippen LogP contribution in [0.15, 0.2) is 47.1 Å². The van der Waals surface area contributed by atoms with Crippen LogP contribution >= 0.6 is 0 Å². The molecule has 13 nitrogen and oxygen atoms in total. The zero-order valence-corrected chi connectivity index (χ0v) is 30.1. The Labute approximate surface area is 284 Å². The molecule has 0 saturated carbocycles. The molecule has 3 amide bonds. The Balaban J connectivity index is 2.30. The molecule has 0 radical (unpaired) electrons. The minimum atomic E-state index is -1.18. The van der Waals surface area contributed by atoms with Crippen LogP contribution in [0.1, 0.15) is 73.8 Å². The first-order valence-corrected chi connectivity index (χ1v) is 16.3. The van der Waals surface area contributed by atoms with E-state index in [2.05, 4.69) is 25.9 Å². The SMILES string of the molecule is CNC(C(=O)N[C@H](C(=O)N(C)[C@H](C=C(C)C(=O)NC(CCCN=C(N)N)C(=O)O)C(C)C)C(C)(C)C)C(C)(C)c1c[nH]c2ccccc12. The highest BCUT2D eigenvalue weighted by Crippen LogP contribution is 2.34. The van der Waals surface area contributed by atoms with Gasteiger partial charge in [-0.05, 0) is 49.8 Å². The largest absolute Gasteiger partial charge is 0.480 e. The molecule has 0 saturated heterocycles. The first kappa shape index (κ1) is 39.8. The fourth-order valence-corrected chi connectivity index (χ4v) is 5.92. The number of aromatic amines is 1. The molecule has 0 aliphatic rings. The number of nitrogens with two attached hydrogens (primary N) is 2. The standard InChI is InChI=1S/C35H56N8O5/c1-20(2)26(18-21(3)29(44)41-25(32(47)48)16-13-17-39-33(36)37)43(10)31(46)28(34(4,5)6)42-30(45)27(38-9)35(7,8)23-19-40-24-15-12-11-14-22(23)24/h11-12,14-15,18-20,25-28,38,40H,13,16-17H2,1-10H3,(H,41,44)(H,42,45)(H,47,48)(H4,36,37,39)/t25?,26-,27?,28-/m1/s1. The van der Waals surface area contributed by atoms with Gasteiger partial charge in [0, 0.05) is 41.7 Å². The number of aromatic nitrogens is 1. The smallest absolute Gasteiger partial charge is 0.326 e. The Morgan fingerprint density at radius 1 is 1.04 bits per heavy atom. The number of carbonyl (C=O) groups excluding carboxylic acids is 3. The topological polar surface area (TPSA) is 208 Å². The van der Waals surface area contributed by atoms with E-state index in [1.165, 1.54) is 0 Å². The van der Waals surface area contributed by atoms with Gasteiger partial charge in [-0.1, -0.05) is 72.7 Å². The number of carboxylic acid groups (broad SMARTS) is 1. The Morgan fingerprint density at radius 2 is 1.67 bits per heavy atom. The Bertz CT molecular complexity index is 1500. The fourth-order valence-electron chi connectivity index (χ4n) is 5.92. The molecule has 2 aromatic rings. The quantitative estimate of drug-likeness (QED) is 0.0611. The average molecular weight is 669 g/mol. The molecule has 0 fully saturated rings. The summed E-state index contributed by atoms with van der Waals surface area (Å²) in [6.07, 6.45) is 4.08. The lowest BCUT2D eigenvalue weighted by atomic mass is 9.76. The number of fused-ring (bicyclic) bond motifs is 1. The minimum Gasteiger partial charge on any atom is -0.480 e. The van der Waals surface area contributed by atoms with E-state index < -0.39 is 46.9 Å². The van der Waals surface area contributed by atoms with Crippen LogP contribution in [0.25, 0.3) is 10.9 Å². The molecule has 4 atom stereocenters. The van der Waals surface area contributed by atoms with Gasteiger partial charge in [0.15, 0.2) is 5.96 Å². The van der Waals surface area contributed by atoms with Crippen molar-refractivity contribution in [2.45, 2.75) is 97.8 Å². The molecule has 1 heterocycles. The summed E-state index contributed by atoms with van der Waals surface area (Å²) in [7, 11) is 3.38. The normalized spacial score (nSPS) is 14.9. The molecule has 9 N–H and O–H groups in total. The monoisotopic (exact) mass is 668 g/mol. The zero-order valence-electron chi connectivity index (χ0n) is 30.1. The summed E-state index contributed by atoms with van der Waals surface area (Å²) in [5.41, 5.74) is 11.5. The van der Waals surface area contributed by atoms with Gasteiger partial charge in [0.1, 0.15) is 12.1 Å². The van der Waals surface area contributed by atoms with Crippen molar-refractivity contribution >= 4 is 40.6 Å². The summed E-state index contributed by atoms with van der Waals surface area (Å²) in [6, 6.07) is 4.68. The number of rotatable bonds is 16. The number of amides is 3. The predicted octanol–water partition coefficient (Wildman–Crippen LogP) is 2.62. The fraction of sp³-hybridized carbons (Fsp3) is 0.571. The van der Waals surface area contributed by atoms with Gasteiger partial charge < -0.3 is 42.4 Å². The number of para-hydroxylation sites is 1. The Kier molecular flexibility index (Phi) is 13.8. The van der Waals surface area contributed by atoms with Crippen LogP contribution in [-0.2, 0) is 24.6 Å². The van der Waals surface area contributed by atoms with Crippen molar-refractivity contribution < 1.29 is 24.3 Å². The molecule has 2 rings (SSSR count). The second-order valence-electron chi connectivity index (χ2n) is 14.3. The summed E-state index contributed by atoms with van der Waals surface area (Å²) in [6.45, 7) is 15.3. The van der Waals surface area contributed by atoms with E-state index in [0.29, 0.717) is 6.42 Å². The number of nitrogens with zero attached hydrogens (tertiary/aromatic N) is 2. The number of benzene rings is 1. The maximum atomic E-state index is 14.2. The number of aliphatic imine (C=N–C) groups is 1. The highest BCUT2D eigenvalue weighted by Gasteiger charge is 2.42. The molecule has 2 unspecified atom stereocenters. The third kappa shape index (κ3) is 10.1. The van der Waals surface area contributed by atoms with Crippen LogP contribution in [0.3, 0.4) is 0 Å². The van der Waals surface area contributed by atoms with Crippen molar-refractivity contribution in [3.63, 3.8) is 0 Å². The van der Waals surface area contributed by atoms with Crippen LogP contribution in [0.5, 0.6) is 0 Å². The molecular weight excluding hydrogens is 612 g/mol. The highest BCUT2D eigenvalue weighted by atomic mass is 16.4. The van der Waals surface area contributed by atoms with Crippen LogP contribution < -0.4 is 27.4 Å². The number of aliphatic carboxylic acids is 1. The summed E-state index contributed by atoms with van der Waals surface area (Å²) in [5, 5.41) is 19.5. The number of guanidine groups is 1. The predicted molar refractivity (Wildman–Crippen MR) is 190 cm³/mol. The minimum absolute atomic E-state index is 0.0903. The van der Waals surface area contributed by atoms with E-state index in [-0.39, 0.29) is 42.2 Å². The van der Waals surface area contributed by atoms with Gasteiger partial charge in [0.2, 0.25) is 17.7 Å². The van der Waals surface area contributed by atoms with Crippen LogP contribution in [-0.4, -0.2) is 89.4 Å². The van der Waals surface area contributed by atoms with Crippen molar-refractivity contribution in [1.82, 2.24) is 25.8 Å². The summed E-state index contributed by atoms with van der Waals surface area (Å²) in [5.74, 6) is -2.58. The molecule has 0 aliphatic carbocycles. The molecule has 266 valence electrons. The summed E-state index contributed by atoms with van der Waals surface area (Å²) >= 11 is 0. The molecule has 1 aromatic heterocycles. The van der Waals surface area contributed by atoms with Crippen LogP contribution in [0, 0.1) is 11.3 Å². The van der Waals surface area contributed by atoms with Crippen LogP contribution in [0.4, 0.5) is 0 Å². The average Bonchev–Trinajstić information content (AvgIpc) is 3.43. The van der Waals surface area contributed by atoms with Gasteiger partial charge in [-0.15, -0.1) is 0 Å². The van der Waals surface area contributed by atoms with Gasteiger partial charge in [0.05, 0.1) is 12.1 Å². The molecule has 1 aromatic carbocycles. The van der Waals surface area contributed by atoms with E-state index in [9.17, 15) is 24.3 Å². The lowest BCUT2D eigenvalue weighted by Gasteiger charge is -2.39. The van der Waals surface area contributed by atoms with E-state index in [1.807, 2.05) is 78.9 Å². The van der Waals surface area contributed by atoms with Crippen LogP contribution in [0.2, 0.25) is 0 Å². The van der Waals surface area contributed by atoms with E-state index in [4.69, 9.17) is 11.5 Å². The van der Waals surface area contributed by atoms with Crippen molar-refractivity contribution in [2.75, 3.05) is 20.6 Å². The van der Waals surface area contributed by atoms with E-state index in [1.54, 1.807) is 32.0 Å². The van der Waals surface area contributed by atoms with Gasteiger partial charge >= 0.3 is 5.97 Å². The third-order valence-corrected chi connectivity index (χ3v) is 8.76. The van der Waals surface area contributed by atoms with Gasteiger partial charge in [-0.2, -0.15) is 0 Å². The van der Waals surface area contributed by atoms with Gasteiger partial charge in [0.25, 0.3) is 0 Å². The lowest BCUT2D eigenvalue weighted by Crippen LogP contribution is -2.61. The van der Waals surface area contributed by atoms with Gasteiger partial charge in [-0.25, -0.2) is 4.79 Å². The second-order valence-corrected chi connectivity index (χ2v) is 14.3. The number of carbonyl (C=O) groups is 4. The summed E-state index contributed by atoms with van der Waals surface area (Å²) < 4.78 is 0. The Morgan fingerprint density at radius 3 is 2.21 bits per heavy atom. The number of hydrogen-bond donors (Lipinski definition) is 7. The third-order valence-electron chi connectivity index (χ3n) is 8.76. The van der Waals surface area contributed by atoms with E-state index >= 15 is 0 Å². The molecular formula is C35H56N8O5. The second kappa shape index (κ2) is 16.6. The Hall–Kier alpha value is -4.39. The number of carboxylic acids is 1. The van der Waals surface area contributed by atoms with E-state index in [0.717, 1.165) is 16.5 Å². The number of nitrogens with one attached hydrogen (secondary N) is 4. The number of likely N-dealkylation sites (N-methyl/N-ethyl adjacent to an activating group) is 2. The van der Waals surface area contributed by atoms with Crippen molar-refractivity contribution in [1.29, 1.82) is 0 Å². The molecule has 0 spiro atoms. The highest BCUT2D eigenvalue weighted by molar-refractivity contribution is 5.96. The molecule has 0 bridgehead atoms. The zero-order chi connectivity index (χ0) is 36.6. The first-order valence-electron chi connectivity index (χ1n) is 16.3. The molecule has 0 aliphatic heterocycles. The maximum absolute atomic E-state index is 14.2. The maximum Gasteiger partial charge on any atom is 0.326 e. The van der Waals surface area contributed by atoms with Gasteiger partial charge in [-0.3, -0.25) is 19.4 Å². The summed E-state index contributed by atoms with van der Waals surface area (Å²) in [4.78, 5) is 61.8. The lowest BCUT2D eigenvalue weighted by molar-refractivity contribution is -0.141. The number of hydrogen-bond acceptors (Lipinski definition) is 6. The number of H-pyrrole nitrogens is 1. The molecule has 13 heteroatoms. The van der Waals surface area contributed by atoms with Crippen molar-refractivity contribution in [3.8, 4) is 0 Å². The first-order chi connectivity index (χ1) is 22.2. The van der Waals surface area contributed by atoms with Crippen molar-refractivity contribution in [2.24, 2.45) is 27.8 Å². The van der Waals surface area contributed by atoms with Crippen molar-refractivity contribution in [3.05, 3.63) is 47.7 Å². The molecule has 48 heavy (non-hydrogen) atoms.